The zero-order chi connectivity index (χ0) is 12.3. The summed E-state index contributed by atoms with van der Waals surface area (Å²) in [5.74, 6) is 0.332. The molecule has 1 aromatic rings. The van der Waals surface area contributed by atoms with Crippen LogP contribution in [-0.2, 0) is 11.3 Å². The van der Waals surface area contributed by atoms with E-state index in [1.54, 1.807) is 11.3 Å². The molecule has 2 heterocycles. The zero-order valence-corrected chi connectivity index (χ0v) is 11.1. The maximum Gasteiger partial charge on any atom is 0.223 e. The summed E-state index contributed by atoms with van der Waals surface area (Å²) < 4.78 is 0. The first kappa shape index (κ1) is 12.5. The monoisotopic (exact) mass is 253 g/mol. The maximum atomic E-state index is 12.0. The first-order valence-corrected chi connectivity index (χ1v) is 6.95. The Morgan fingerprint density at radius 2 is 2.53 bits per heavy atom. The van der Waals surface area contributed by atoms with Crippen LogP contribution in [0.4, 0.5) is 0 Å². The number of nitrogens with one attached hydrogen (secondary N) is 2. The number of aromatic nitrogens is 1. The van der Waals surface area contributed by atoms with Gasteiger partial charge in [0.25, 0.3) is 0 Å². The van der Waals surface area contributed by atoms with E-state index < -0.39 is 0 Å². The first-order chi connectivity index (χ1) is 8.15. The van der Waals surface area contributed by atoms with Gasteiger partial charge in [0.1, 0.15) is 5.01 Å². The van der Waals surface area contributed by atoms with Crippen LogP contribution in [0.2, 0.25) is 0 Å². The molecule has 0 radical (unpaired) electrons. The molecule has 0 saturated carbocycles. The second kappa shape index (κ2) is 5.60. The molecular weight excluding hydrogens is 234 g/mol. The molecule has 2 unspecified atom stereocenters. The van der Waals surface area contributed by atoms with E-state index in [4.69, 9.17) is 0 Å². The topological polar surface area (TPSA) is 54.0 Å². The molecule has 0 spiro atoms. The van der Waals surface area contributed by atoms with Gasteiger partial charge in [0.15, 0.2) is 0 Å². The third-order valence-electron chi connectivity index (χ3n) is 3.07. The molecule has 2 rings (SSSR count). The van der Waals surface area contributed by atoms with E-state index >= 15 is 0 Å². The SMILES string of the molecule is Cc1csc(CNC(=O)C2CCNC(C)C2)n1. The minimum atomic E-state index is 0.160. The summed E-state index contributed by atoms with van der Waals surface area (Å²) in [5.41, 5.74) is 1.02. The maximum absolute atomic E-state index is 12.0. The van der Waals surface area contributed by atoms with Crippen LogP contribution in [0.5, 0.6) is 0 Å². The number of hydrogen-bond acceptors (Lipinski definition) is 4. The number of carbonyl (C=O) groups excluding carboxylic acids is 1. The third kappa shape index (κ3) is 3.51. The quantitative estimate of drug-likeness (QED) is 0.857. The van der Waals surface area contributed by atoms with E-state index in [0.717, 1.165) is 30.1 Å². The van der Waals surface area contributed by atoms with E-state index in [9.17, 15) is 4.79 Å². The Kier molecular flexibility index (Phi) is 4.12. The van der Waals surface area contributed by atoms with Gasteiger partial charge in [-0.15, -0.1) is 11.3 Å². The van der Waals surface area contributed by atoms with Crippen molar-refractivity contribution in [1.82, 2.24) is 15.6 Å². The summed E-state index contributed by atoms with van der Waals surface area (Å²) in [6.07, 6.45) is 1.87. The van der Waals surface area contributed by atoms with Crippen LogP contribution in [0, 0.1) is 12.8 Å². The number of carbonyl (C=O) groups is 1. The smallest absolute Gasteiger partial charge is 0.223 e. The number of piperidine rings is 1. The number of hydrogen-bond donors (Lipinski definition) is 2. The molecule has 1 amide bonds. The van der Waals surface area contributed by atoms with E-state index in [2.05, 4.69) is 22.5 Å². The fraction of sp³-hybridized carbons (Fsp3) is 0.667. The second-order valence-corrected chi connectivity index (χ2v) is 5.62. The largest absolute Gasteiger partial charge is 0.349 e. The van der Waals surface area contributed by atoms with Crippen LogP contribution in [0.25, 0.3) is 0 Å². The van der Waals surface area contributed by atoms with Crippen LogP contribution >= 0.6 is 11.3 Å². The lowest BCUT2D eigenvalue weighted by Crippen LogP contribution is -2.42. The van der Waals surface area contributed by atoms with Gasteiger partial charge in [-0.25, -0.2) is 4.98 Å². The van der Waals surface area contributed by atoms with Crippen molar-refractivity contribution < 1.29 is 4.79 Å². The van der Waals surface area contributed by atoms with E-state index in [1.165, 1.54) is 0 Å². The summed E-state index contributed by atoms with van der Waals surface area (Å²) in [6.45, 7) is 5.60. The Balaban J connectivity index is 1.80. The lowest BCUT2D eigenvalue weighted by Gasteiger charge is -2.26. The van der Waals surface area contributed by atoms with Crippen LogP contribution < -0.4 is 10.6 Å². The number of aryl methyl sites for hydroxylation is 1. The van der Waals surface area contributed by atoms with Gasteiger partial charge in [-0.3, -0.25) is 4.79 Å². The van der Waals surface area contributed by atoms with Crippen molar-refractivity contribution in [2.45, 2.75) is 39.3 Å². The minimum Gasteiger partial charge on any atom is -0.349 e. The van der Waals surface area contributed by atoms with Crippen LogP contribution in [0.3, 0.4) is 0 Å². The van der Waals surface area contributed by atoms with Gasteiger partial charge in [0.05, 0.1) is 6.54 Å². The van der Waals surface area contributed by atoms with Gasteiger partial charge < -0.3 is 10.6 Å². The van der Waals surface area contributed by atoms with Crippen molar-refractivity contribution >= 4 is 17.2 Å². The van der Waals surface area contributed by atoms with Crippen molar-refractivity contribution in [3.63, 3.8) is 0 Å². The molecule has 5 heteroatoms. The Hall–Kier alpha value is -0.940. The highest BCUT2D eigenvalue weighted by atomic mass is 32.1. The third-order valence-corrected chi connectivity index (χ3v) is 4.04. The minimum absolute atomic E-state index is 0.160. The Labute approximate surface area is 106 Å². The van der Waals surface area contributed by atoms with Crippen LogP contribution in [0.15, 0.2) is 5.38 Å². The van der Waals surface area contributed by atoms with Gasteiger partial charge in [0.2, 0.25) is 5.91 Å². The Morgan fingerprint density at radius 1 is 1.71 bits per heavy atom. The van der Waals surface area contributed by atoms with E-state index in [1.807, 2.05) is 12.3 Å². The zero-order valence-electron chi connectivity index (χ0n) is 10.3. The van der Waals surface area contributed by atoms with E-state index in [0.29, 0.717) is 12.6 Å². The number of nitrogens with zero attached hydrogens (tertiary/aromatic N) is 1. The standard InChI is InChI=1S/C12H19N3OS/c1-8-5-10(3-4-13-8)12(16)14-6-11-15-9(2)7-17-11/h7-8,10,13H,3-6H2,1-2H3,(H,14,16). The molecule has 2 N–H and O–H groups in total. The highest BCUT2D eigenvalue weighted by Crippen LogP contribution is 2.16. The molecule has 0 bridgehead atoms. The summed E-state index contributed by atoms with van der Waals surface area (Å²) in [4.78, 5) is 16.3. The first-order valence-electron chi connectivity index (χ1n) is 6.07. The van der Waals surface area contributed by atoms with Gasteiger partial charge in [-0.05, 0) is 33.2 Å². The van der Waals surface area contributed by atoms with Crippen LogP contribution in [-0.4, -0.2) is 23.5 Å². The molecule has 1 aromatic heterocycles. The molecule has 17 heavy (non-hydrogen) atoms. The lowest BCUT2D eigenvalue weighted by molar-refractivity contribution is -0.126. The number of rotatable bonds is 3. The lowest BCUT2D eigenvalue weighted by atomic mass is 9.92. The summed E-state index contributed by atoms with van der Waals surface area (Å²) in [6, 6.07) is 0.446. The van der Waals surface area contributed by atoms with Crippen molar-refractivity contribution in [2.75, 3.05) is 6.54 Å². The predicted molar refractivity (Wildman–Crippen MR) is 68.9 cm³/mol. The van der Waals surface area contributed by atoms with Gasteiger partial charge in [-0.1, -0.05) is 0 Å². The molecule has 94 valence electrons. The van der Waals surface area contributed by atoms with Gasteiger partial charge in [0, 0.05) is 23.0 Å². The molecule has 0 aliphatic carbocycles. The molecule has 1 saturated heterocycles. The summed E-state index contributed by atoms with van der Waals surface area (Å²) in [5, 5.41) is 9.33. The number of thiazole rings is 1. The second-order valence-electron chi connectivity index (χ2n) is 4.68. The highest BCUT2D eigenvalue weighted by molar-refractivity contribution is 7.09. The molecule has 1 fully saturated rings. The fourth-order valence-corrected chi connectivity index (χ4v) is 2.87. The molecule has 2 atom stereocenters. The summed E-state index contributed by atoms with van der Waals surface area (Å²) in [7, 11) is 0. The molecule has 1 aliphatic heterocycles. The summed E-state index contributed by atoms with van der Waals surface area (Å²) >= 11 is 1.60. The highest BCUT2D eigenvalue weighted by Gasteiger charge is 2.24. The van der Waals surface area contributed by atoms with Gasteiger partial charge in [-0.2, -0.15) is 0 Å². The molecule has 4 nitrogen and oxygen atoms in total. The molecule has 0 aromatic carbocycles. The van der Waals surface area contributed by atoms with Gasteiger partial charge >= 0.3 is 0 Å². The Morgan fingerprint density at radius 3 is 3.18 bits per heavy atom. The Bertz CT molecular complexity index is 391. The number of amides is 1. The van der Waals surface area contributed by atoms with Crippen molar-refractivity contribution in [1.29, 1.82) is 0 Å². The normalized spacial score (nSPS) is 24.6. The predicted octanol–water partition coefficient (Wildman–Crippen LogP) is 1.46. The van der Waals surface area contributed by atoms with Crippen molar-refractivity contribution in [3.8, 4) is 0 Å². The average Bonchev–Trinajstić information content (AvgIpc) is 2.72. The van der Waals surface area contributed by atoms with Crippen LogP contribution in [0.1, 0.15) is 30.5 Å². The fourth-order valence-electron chi connectivity index (χ4n) is 2.16. The molecular formula is C12H19N3OS. The van der Waals surface area contributed by atoms with E-state index in [-0.39, 0.29) is 11.8 Å². The molecule has 1 aliphatic rings. The van der Waals surface area contributed by atoms with Crippen molar-refractivity contribution in [2.24, 2.45) is 5.92 Å². The van der Waals surface area contributed by atoms with Crippen molar-refractivity contribution in [3.05, 3.63) is 16.1 Å². The average molecular weight is 253 g/mol.